The van der Waals surface area contributed by atoms with Gasteiger partial charge in [0.1, 0.15) is 23.9 Å². The molecule has 1 aromatic carbocycles. The van der Waals surface area contributed by atoms with Gasteiger partial charge in [-0.25, -0.2) is 10.5 Å². The Morgan fingerprint density at radius 1 is 1.18 bits per heavy atom. The Labute approximate surface area is 189 Å². The van der Waals surface area contributed by atoms with Crippen molar-refractivity contribution in [2.24, 2.45) is 0 Å². The lowest BCUT2D eigenvalue weighted by molar-refractivity contribution is -0.184. The number of hydrogen-bond acceptors (Lipinski definition) is 5. The van der Waals surface area contributed by atoms with Gasteiger partial charge in [0, 0.05) is 19.3 Å². The first kappa shape index (κ1) is 23.8. The highest BCUT2D eigenvalue weighted by Gasteiger charge is 2.59. The van der Waals surface area contributed by atoms with Gasteiger partial charge in [0.05, 0.1) is 11.1 Å². The number of halogens is 6. The molecule has 1 aromatic heterocycles. The van der Waals surface area contributed by atoms with Crippen LogP contribution in [0.2, 0.25) is 0 Å². The number of pyridine rings is 1. The highest BCUT2D eigenvalue weighted by molar-refractivity contribution is 5.97. The molecule has 3 heterocycles. The Morgan fingerprint density at radius 2 is 1.94 bits per heavy atom. The Hall–Kier alpha value is -3.35. The van der Waals surface area contributed by atoms with E-state index < -0.39 is 59.7 Å². The maximum Gasteiger partial charge on any atom is 0.416 e. The molecule has 2 fully saturated rings. The van der Waals surface area contributed by atoms with E-state index in [-0.39, 0.29) is 24.5 Å². The minimum atomic E-state index is -4.81. The van der Waals surface area contributed by atoms with Crippen molar-refractivity contribution in [1.29, 1.82) is 0 Å². The Morgan fingerprint density at radius 3 is 2.53 bits per heavy atom. The first-order valence-corrected chi connectivity index (χ1v) is 10.1. The number of nitrogens with zero attached hydrogens (tertiary/aromatic N) is 2. The zero-order valence-corrected chi connectivity index (χ0v) is 17.3. The second kappa shape index (κ2) is 8.46. The molecule has 0 radical (unpaired) electrons. The summed E-state index contributed by atoms with van der Waals surface area (Å²) in [4.78, 5) is 33.8. The number of nitrogens with one attached hydrogen (secondary N) is 2. The van der Waals surface area contributed by atoms with E-state index in [0.717, 1.165) is 24.4 Å². The minimum Gasteiger partial charge on any atom is -0.355 e. The predicted molar refractivity (Wildman–Crippen MR) is 106 cm³/mol. The standard InChI is InChI=1S/C21H18F6N4O3/c22-20(23,24)14-3-1-2-13(8-14)19(21(25,26)27)6-7-31(11-19)16-5-4-12(9-28-16)17(32)29-15-10-34-30-18(15)33/h1-5,8-9,15H,6-7,10-11H2,(H,29,32)(H,30,33). The second-order valence-electron chi connectivity index (χ2n) is 8.04. The third-order valence-electron chi connectivity index (χ3n) is 5.93. The van der Waals surface area contributed by atoms with Gasteiger partial charge in [0.2, 0.25) is 0 Å². The van der Waals surface area contributed by atoms with Crippen LogP contribution in [-0.4, -0.2) is 48.7 Å². The number of hydroxylamine groups is 1. The van der Waals surface area contributed by atoms with Crippen LogP contribution in [0.1, 0.15) is 27.9 Å². The molecule has 7 nitrogen and oxygen atoms in total. The molecule has 4 rings (SSSR count). The molecular weight excluding hydrogens is 470 g/mol. The van der Waals surface area contributed by atoms with Crippen LogP contribution in [0, 0.1) is 0 Å². The van der Waals surface area contributed by atoms with Crippen molar-refractivity contribution in [3.05, 3.63) is 59.3 Å². The van der Waals surface area contributed by atoms with Crippen molar-refractivity contribution in [3.8, 4) is 0 Å². The van der Waals surface area contributed by atoms with Gasteiger partial charge in [0.15, 0.2) is 0 Å². The molecule has 2 aliphatic rings. The van der Waals surface area contributed by atoms with Gasteiger partial charge >= 0.3 is 12.4 Å². The van der Waals surface area contributed by atoms with Gasteiger partial charge in [0.25, 0.3) is 11.8 Å². The van der Waals surface area contributed by atoms with E-state index in [2.05, 4.69) is 15.8 Å². The van der Waals surface area contributed by atoms with Gasteiger partial charge in [-0.3, -0.25) is 14.4 Å². The summed E-state index contributed by atoms with van der Waals surface area (Å²) in [5, 5.41) is 2.44. The van der Waals surface area contributed by atoms with Crippen LogP contribution in [-0.2, 0) is 21.2 Å². The maximum absolute atomic E-state index is 14.2. The largest absolute Gasteiger partial charge is 0.416 e. The van der Waals surface area contributed by atoms with Crippen LogP contribution in [0.3, 0.4) is 0 Å². The number of benzene rings is 1. The number of hydrogen-bond donors (Lipinski definition) is 2. The van der Waals surface area contributed by atoms with Crippen LogP contribution >= 0.6 is 0 Å². The molecular formula is C21H18F6N4O3. The molecule has 2 amide bonds. The predicted octanol–water partition coefficient (Wildman–Crippen LogP) is 2.97. The molecule has 2 aliphatic heterocycles. The zero-order valence-electron chi connectivity index (χ0n) is 17.3. The lowest BCUT2D eigenvalue weighted by Crippen LogP contribution is -2.45. The number of alkyl halides is 6. The maximum atomic E-state index is 14.2. The van der Waals surface area contributed by atoms with Crippen LogP contribution in [0.25, 0.3) is 0 Å². The number of rotatable bonds is 4. The summed E-state index contributed by atoms with van der Waals surface area (Å²) < 4.78 is 81.9. The highest BCUT2D eigenvalue weighted by Crippen LogP contribution is 2.49. The molecule has 0 saturated carbocycles. The topological polar surface area (TPSA) is 83.6 Å². The quantitative estimate of drug-likeness (QED) is 0.647. The third kappa shape index (κ3) is 4.39. The van der Waals surface area contributed by atoms with E-state index in [4.69, 9.17) is 4.84 Å². The zero-order chi connectivity index (χ0) is 24.7. The summed E-state index contributed by atoms with van der Waals surface area (Å²) in [6.07, 6.45) is -8.89. The number of carbonyl (C=O) groups excluding carboxylic acids is 2. The van der Waals surface area contributed by atoms with Crippen LogP contribution in [0.4, 0.5) is 32.2 Å². The van der Waals surface area contributed by atoms with Gasteiger partial charge in [-0.2, -0.15) is 26.3 Å². The number of amides is 2. The van der Waals surface area contributed by atoms with Gasteiger partial charge in [-0.05, 0) is 30.2 Å². The SMILES string of the molecule is O=C(NC1CONC1=O)c1ccc(N2CCC(c3cccc(C(F)(F)F)c3)(C(F)(F)F)C2)nc1. The molecule has 2 saturated heterocycles. The second-order valence-corrected chi connectivity index (χ2v) is 8.04. The van der Waals surface area contributed by atoms with Crippen LogP contribution in [0.5, 0.6) is 0 Å². The Kier molecular flexibility index (Phi) is 5.92. The average molecular weight is 488 g/mol. The normalized spacial score (nSPS) is 23.2. The lowest BCUT2D eigenvalue weighted by Gasteiger charge is -2.33. The first-order chi connectivity index (χ1) is 15.9. The fourth-order valence-corrected chi connectivity index (χ4v) is 4.03. The van der Waals surface area contributed by atoms with Crippen molar-refractivity contribution in [2.75, 3.05) is 24.6 Å². The lowest BCUT2D eigenvalue weighted by atomic mass is 9.78. The fourth-order valence-electron chi connectivity index (χ4n) is 4.03. The summed E-state index contributed by atoms with van der Waals surface area (Å²) in [6, 6.07) is 5.09. The molecule has 13 heteroatoms. The molecule has 0 spiro atoms. The summed E-state index contributed by atoms with van der Waals surface area (Å²) in [7, 11) is 0. The average Bonchev–Trinajstić information content (AvgIpc) is 3.41. The summed E-state index contributed by atoms with van der Waals surface area (Å²) in [5.41, 5.74) is -1.97. The summed E-state index contributed by atoms with van der Waals surface area (Å²) in [6.45, 7) is -0.789. The smallest absolute Gasteiger partial charge is 0.355 e. The van der Waals surface area contributed by atoms with Crippen molar-refractivity contribution in [2.45, 2.75) is 30.2 Å². The molecule has 2 atom stereocenters. The molecule has 2 aromatic rings. The number of aromatic nitrogens is 1. The number of anilines is 1. The van der Waals surface area contributed by atoms with Crippen molar-refractivity contribution in [3.63, 3.8) is 0 Å². The van der Waals surface area contributed by atoms with Crippen LogP contribution < -0.4 is 15.7 Å². The highest BCUT2D eigenvalue weighted by atomic mass is 19.4. The van der Waals surface area contributed by atoms with Crippen molar-refractivity contribution >= 4 is 17.6 Å². The van der Waals surface area contributed by atoms with E-state index in [9.17, 15) is 35.9 Å². The number of carbonyl (C=O) groups is 2. The monoisotopic (exact) mass is 488 g/mol. The Bertz CT molecular complexity index is 1090. The molecule has 0 aliphatic carbocycles. The molecule has 0 bridgehead atoms. The fraction of sp³-hybridized carbons (Fsp3) is 0.381. The van der Waals surface area contributed by atoms with Gasteiger partial charge in [-0.15, -0.1) is 0 Å². The van der Waals surface area contributed by atoms with E-state index in [0.29, 0.717) is 6.07 Å². The van der Waals surface area contributed by atoms with E-state index in [1.165, 1.54) is 17.0 Å². The van der Waals surface area contributed by atoms with E-state index in [1.807, 2.05) is 0 Å². The summed E-state index contributed by atoms with van der Waals surface area (Å²) >= 11 is 0. The first-order valence-electron chi connectivity index (χ1n) is 10.1. The minimum absolute atomic E-state index is 0.0566. The van der Waals surface area contributed by atoms with E-state index >= 15 is 0 Å². The Balaban J connectivity index is 1.54. The molecule has 2 unspecified atom stereocenters. The summed E-state index contributed by atoms with van der Waals surface area (Å²) in [5.74, 6) is -1.01. The molecule has 34 heavy (non-hydrogen) atoms. The van der Waals surface area contributed by atoms with Crippen molar-refractivity contribution in [1.82, 2.24) is 15.8 Å². The van der Waals surface area contributed by atoms with Crippen LogP contribution in [0.15, 0.2) is 42.6 Å². The molecule has 182 valence electrons. The van der Waals surface area contributed by atoms with E-state index in [1.54, 1.807) is 0 Å². The van der Waals surface area contributed by atoms with Crippen molar-refractivity contribution < 1.29 is 40.8 Å². The molecule has 2 N–H and O–H groups in total. The third-order valence-corrected chi connectivity index (χ3v) is 5.93. The van der Waals surface area contributed by atoms with Gasteiger partial charge in [-0.1, -0.05) is 18.2 Å². The van der Waals surface area contributed by atoms with Gasteiger partial charge < -0.3 is 10.2 Å².